The molecule has 7 nitrogen and oxygen atoms in total. The van der Waals surface area contributed by atoms with Crippen LogP contribution < -0.4 is 10.1 Å². The van der Waals surface area contributed by atoms with Crippen LogP contribution in [0.1, 0.15) is 0 Å². The van der Waals surface area contributed by atoms with Crippen LogP contribution in [-0.2, 0) is 19.1 Å². The zero-order valence-electron chi connectivity index (χ0n) is 12.9. The molecule has 0 unspecified atom stereocenters. The molecule has 0 spiro atoms. The molecule has 0 radical (unpaired) electrons. The van der Waals surface area contributed by atoms with Gasteiger partial charge in [0.15, 0.2) is 13.2 Å². The van der Waals surface area contributed by atoms with Gasteiger partial charge in [-0.3, -0.25) is 9.59 Å². The van der Waals surface area contributed by atoms with E-state index in [1.165, 1.54) is 17.0 Å². The number of nitrogens with zero attached hydrogens (tertiary/aromatic N) is 1. The summed E-state index contributed by atoms with van der Waals surface area (Å²) in [7, 11) is 3.11. The van der Waals surface area contributed by atoms with Crippen LogP contribution in [0.25, 0.3) is 0 Å². The first-order chi connectivity index (χ1) is 11.2. The quantitative estimate of drug-likeness (QED) is 0.560. The van der Waals surface area contributed by atoms with E-state index >= 15 is 0 Å². The predicted molar refractivity (Wildman–Crippen MR) is 89.6 cm³/mol. The number of halogens is 3. The van der Waals surface area contributed by atoms with Crippen LogP contribution in [0.4, 0.5) is 0 Å². The van der Waals surface area contributed by atoms with Gasteiger partial charge in [-0.15, -0.1) is 0 Å². The molecule has 1 rings (SSSR count). The van der Waals surface area contributed by atoms with Crippen molar-refractivity contribution in [2.24, 2.45) is 0 Å². The number of benzene rings is 1. The van der Waals surface area contributed by atoms with Crippen molar-refractivity contribution in [3.63, 3.8) is 0 Å². The first kappa shape index (κ1) is 20.3. The van der Waals surface area contributed by atoms with Crippen LogP contribution in [0.5, 0.6) is 5.75 Å². The molecule has 1 aromatic carbocycles. The van der Waals surface area contributed by atoms with Gasteiger partial charge < -0.3 is 19.7 Å². The molecule has 10 heteroatoms. The number of ether oxygens (including phenoxy) is 2. The number of amides is 2. The van der Waals surface area contributed by atoms with E-state index in [0.717, 1.165) is 0 Å². The van der Waals surface area contributed by atoms with Crippen molar-refractivity contribution in [3.8, 4) is 5.75 Å². The normalized spacial score (nSPS) is 10.0. The van der Waals surface area contributed by atoms with Gasteiger partial charge in [0.2, 0.25) is 5.91 Å². The molecule has 0 aliphatic rings. The summed E-state index contributed by atoms with van der Waals surface area (Å²) in [5.41, 5.74) is 0. The lowest BCUT2D eigenvalue weighted by atomic mass is 10.3. The van der Waals surface area contributed by atoms with Crippen LogP contribution in [0, 0.1) is 0 Å². The Morgan fingerprint density at radius 3 is 2.29 bits per heavy atom. The molecule has 132 valence electrons. The average molecular weight is 398 g/mol. The fourth-order valence-electron chi connectivity index (χ4n) is 1.32. The SMILES string of the molecule is CN(C)C(=O)CNC(=O)COC(=O)COc1cc(Cl)c(Cl)cc1Cl. The van der Waals surface area contributed by atoms with Gasteiger partial charge in [0.25, 0.3) is 5.91 Å². The van der Waals surface area contributed by atoms with E-state index in [4.69, 9.17) is 44.3 Å². The largest absolute Gasteiger partial charge is 0.480 e. The van der Waals surface area contributed by atoms with Crippen molar-refractivity contribution >= 4 is 52.6 Å². The lowest BCUT2D eigenvalue weighted by Crippen LogP contribution is -2.38. The monoisotopic (exact) mass is 396 g/mol. The number of hydrogen-bond donors (Lipinski definition) is 1. The molecule has 0 atom stereocenters. The van der Waals surface area contributed by atoms with E-state index < -0.39 is 25.1 Å². The molecule has 2 amide bonds. The Kier molecular flexibility index (Phi) is 8.10. The summed E-state index contributed by atoms with van der Waals surface area (Å²) in [4.78, 5) is 35.6. The van der Waals surface area contributed by atoms with E-state index in [-0.39, 0.29) is 33.3 Å². The van der Waals surface area contributed by atoms with E-state index in [9.17, 15) is 14.4 Å². The molecular formula is C14H15Cl3N2O5. The van der Waals surface area contributed by atoms with Gasteiger partial charge in [0.1, 0.15) is 5.75 Å². The number of hydrogen-bond acceptors (Lipinski definition) is 5. The third-order valence-electron chi connectivity index (χ3n) is 2.62. The molecule has 24 heavy (non-hydrogen) atoms. The Morgan fingerprint density at radius 2 is 1.67 bits per heavy atom. The second kappa shape index (κ2) is 9.56. The molecule has 0 saturated carbocycles. The zero-order chi connectivity index (χ0) is 18.3. The summed E-state index contributed by atoms with van der Waals surface area (Å²) in [5.74, 6) is -1.52. The van der Waals surface area contributed by atoms with E-state index in [2.05, 4.69) is 5.32 Å². The van der Waals surface area contributed by atoms with Gasteiger partial charge in [-0.2, -0.15) is 0 Å². The van der Waals surface area contributed by atoms with Crippen LogP contribution in [0.3, 0.4) is 0 Å². The number of carbonyl (C=O) groups is 3. The highest BCUT2D eigenvalue weighted by Gasteiger charge is 2.12. The third kappa shape index (κ3) is 6.82. The minimum absolute atomic E-state index is 0.157. The third-order valence-corrected chi connectivity index (χ3v) is 3.64. The molecule has 0 aliphatic carbocycles. The molecule has 0 fully saturated rings. The van der Waals surface area contributed by atoms with Crippen LogP contribution in [0.15, 0.2) is 12.1 Å². The highest BCUT2D eigenvalue weighted by atomic mass is 35.5. The second-order valence-electron chi connectivity index (χ2n) is 4.71. The first-order valence-electron chi connectivity index (χ1n) is 6.60. The number of likely N-dealkylation sites (N-methyl/N-ethyl adjacent to an activating group) is 1. The summed E-state index contributed by atoms with van der Waals surface area (Å²) in [6, 6.07) is 2.74. The highest BCUT2D eigenvalue weighted by Crippen LogP contribution is 2.33. The van der Waals surface area contributed by atoms with Gasteiger partial charge >= 0.3 is 5.97 Å². The molecule has 0 bridgehead atoms. The van der Waals surface area contributed by atoms with E-state index in [0.29, 0.717) is 0 Å². The van der Waals surface area contributed by atoms with Crippen molar-refractivity contribution in [2.75, 3.05) is 33.9 Å². The zero-order valence-corrected chi connectivity index (χ0v) is 15.2. The Labute approximate surface area is 153 Å². The summed E-state index contributed by atoms with van der Waals surface area (Å²) >= 11 is 17.5. The van der Waals surface area contributed by atoms with E-state index in [1.54, 1.807) is 14.1 Å². The molecule has 1 aromatic rings. The number of nitrogens with one attached hydrogen (secondary N) is 1. The fourth-order valence-corrected chi connectivity index (χ4v) is 1.91. The topological polar surface area (TPSA) is 84.9 Å². The summed E-state index contributed by atoms with van der Waals surface area (Å²) in [5, 5.41) is 2.96. The molecule has 0 heterocycles. The Balaban J connectivity index is 2.36. The van der Waals surface area contributed by atoms with E-state index in [1.807, 2.05) is 0 Å². The van der Waals surface area contributed by atoms with Crippen molar-refractivity contribution in [1.29, 1.82) is 0 Å². The van der Waals surface area contributed by atoms with Gasteiger partial charge in [-0.1, -0.05) is 34.8 Å². The molecular weight excluding hydrogens is 383 g/mol. The van der Waals surface area contributed by atoms with Crippen molar-refractivity contribution in [2.45, 2.75) is 0 Å². The maximum Gasteiger partial charge on any atom is 0.344 e. The lowest BCUT2D eigenvalue weighted by molar-refractivity contribution is -0.150. The van der Waals surface area contributed by atoms with Gasteiger partial charge in [0.05, 0.1) is 21.6 Å². The van der Waals surface area contributed by atoms with Crippen molar-refractivity contribution in [1.82, 2.24) is 10.2 Å². The Morgan fingerprint density at radius 1 is 1.04 bits per heavy atom. The van der Waals surface area contributed by atoms with Crippen LogP contribution in [-0.4, -0.2) is 56.5 Å². The number of esters is 1. The minimum atomic E-state index is -0.786. The first-order valence-corrected chi connectivity index (χ1v) is 7.74. The van der Waals surface area contributed by atoms with Crippen molar-refractivity contribution in [3.05, 3.63) is 27.2 Å². The molecule has 1 N–H and O–H groups in total. The van der Waals surface area contributed by atoms with Crippen LogP contribution in [0.2, 0.25) is 15.1 Å². The fraction of sp³-hybridized carbons (Fsp3) is 0.357. The Hall–Kier alpha value is -1.70. The predicted octanol–water partition coefficient (Wildman–Crippen LogP) is 1.77. The summed E-state index contributed by atoms with van der Waals surface area (Å²) in [6.45, 7) is -1.18. The Bertz CT molecular complexity index is 637. The van der Waals surface area contributed by atoms with Gasteiger partial charge in [0, 0.05) is 20.2 Å². The van der Waals surface area contributed by atoms with Gasteiger partial charge in [-0.25, -0.2) is 4.79 Å². The lowest BCUT2D eigenvalue weighted by Gasteiger charge is -2.11. The minimum Gasteiger partial charge on any atom is -0.480 e. The van der Waals surface area contributed by atoms with Crippen molar-refractivity contribution < 1.29 is 23.9 Å². The second-order valence-corrected chi connectivity index (χ2v) is 5.93. The van der Waals surface area contributed by atoms with Gasteiger partial charge in [-0.05, 0) is 6.07 Å². The van der Waals surface area contributed by atoms with Crippen LogP contribution >= 0.6 is 34.8 Å². The maximum atomic E-state index is 11.5. The highest BCUT2D eigenvalue weighted by molar-refractivity contribution is 6.43. The molecule has 0 saturated heterocycles. The molecule has 0 aromatic heterocycles. The molecule has 0 aliphatic heterocycles. The number of rotatable bonds is 7. The number of carbonyl (C=O) groups excluding carboxylic acids is 3. The standard InChI is InChI=1S/C14H15Cl3N2O5/c1-19(2)13(21)5-18-12(20)6-24-14(22)7-23-11-4-9(16)8(15)3-10(11)17/h3-4H,5-7H2,1-2H3,(H,18,20). The summed E-state index contributed by atoms with van der Waals surface area (Å²) in [6.07, 6.45) is 0. The maximum absolute atomic E-state index is 11.5. The smallest absolute Gasteiger partial charge is 0.344 e. The summed E-state index contributed by atoms with van der Waals surface area (Å²) < 4.78 is 9.86. The average Bonchev–Trinajstić information content (AvgIpc) is 2.52.